The Balaban J connectivity index is 4.44. The monoisotopic (exact) mass is 694 g/mol. The van der Waals surface area contributed by atoms with Crippen LogP contribution < -0.4 is 0 Å². The first-order chi connectivity index (χ1) is 22.6. The molecular weight excluding hydrogens is 623 g/mol. The number of ether oxygens (including phenoxy) is 3. The highest BCUT2D eigenvalue weighted by atomic mass is 31.2. The van der Waals surface area contributed by atoms with Crippen molar-refractivity contribution >= 4 is 19.5 Å². The number of carbonyl (C=O) groups excluding carboxylic acids is 2. The SMILES string of the molecule is CCCCCCCCCCCCCCC(=O)OC[C@H](COC(C(O)CO)P(=O)(O)O)OC(=O)CCCCCCCCCCCCCC. The molecule has 0 saturated carbocycles. The summed E-state index contributed by atoms with van der Waals surface area (Å²) in [7, 11) is -4.94. The topological polar surface area (TPSA) is 160 Å². The van der Waals surface area contributed by atoms with Crippen molar-refractivity contribution in [3.63, 3.8) is 0 Å². The van der Waals surface area contributed by atoms with Crippen molar-refractivity contribution in [1.82, 2.24) is 0 Å². The number of rotatable bonds is 35. The third-order valence-corrected chi connectivity index (χ3v) is 9.65. The van der Waals surface area contributed by atoms with Gasteiger partial charge in [0.05, 0.1) is 13.2 Å². The van der Waals surface area contributed by atoms with Crippen LogP contribution in [0.4, 0.5) is 0 Å². The van der Waals surface area contributed by atoms with Gasteiger partial charge in [0.1, 0.15) is 12.7 Å². The number of aliphatic hydroxyl groups excluding tert-OH is 2. The molecule has 2 unspecified atom stereocenters. The van der Waals surface area contributed by atoms with Gasteiger partial charge in [-0.1, -0.05) is 155 Å². The minimum absolute atomic E-state index is 0.169. The maximum Gasteiger partial charge on any atom is 0.356 e. The second-order valence-corrected chi connectivity index (χ2v) is 14.8. The summed E-state index contributed by atoms with van der Waals surface area (Å²) in [5.74, 6) is -2.96. The maximum atomic E-state index is 12.5. The first-order valence-corrected chi connectivity index (χ1v) is 20.6. The third-order valence-electron chi connectivity index (χ3n) is 8.50. The van der Waals surface area contributed by atoms with Crippen LogP contribution >= 0.6 is 7.60 Å². The quantitative estimate of drug-likeness (QED) is 0.0288. The number of hydrogen-bond donors (Lipinski definition) is 4. The van der Waals surface area contributed by atoms with Crippen LogP contribution in [0.1, 0.15) is 181 Å². The van der Waals surface area contributed by atoms with Crippen LogP contribution in [-0.4, -0.2) is 69.8 Å². The molecule has 0 aromatic heterocycles. The molecule has 0 spiro atoms. The van der Waals surface area contributed by atoms with Gasteiger partial charge in [-0.15, -0.1) is 0 Å². The van der Waals surface area contributed by atoms with E-state index >= 15 is 0 Å². The molecule has 280 valence electrons. The van der Waals surface area contributed by atoms with Gasteiger partial charge in [0.15, 0.2) is 11.9 Å². The van der Waals surface area contributed by atoms with Crippen molar-refractivity contribution in [2.75, 3.05) is 19.8 Å². The second-order valence-electron chi connectivity index (χ2n) is 13.1. The summed E-state index contributed by atoms with van der Waals surface area (Å²) in [6.45, 7) is 2.69. The second kappa shape index (κ2) is 32.2. The predicted octanol–water partition coefficient (Wildman–Crippen LogP) is 8.50. The lowest BCUT2D eigenvalue weighted by Gasteiger charge is -2.25. The molecule has 3 atom stereocenters. The molecule has 47 heavy (non-hydrogen) atoms. The van der Waals surface area contributed by atoms with Crippen molar-refractivity contribution in [1.29, 1.82) is 0 Å². The molecule has 0 fully saturated rings. The zero-order valence-corrected chi connectivity index (χ0v) is 30.8. The molecule has 0 amide bonds. The van der Waals surface area contributed by atoms with E-state index in [9.17, 15) is 34.2 Å². The average Bonchev–Trinajstić information content (AvgIpc) is 3.03. The van der Waals surface area contributed by atoms with Crippen LogP contribution in [0.5, 0.6) is 0 Å². The summed E-state index contributed by atoms with van der Waals surface area (Å²) < 4.78 is 27.8. The Hall–Kier alpha value is -1.03. The Morgan fingerprint density at radius 1 is 0.574 bits per heavy atom. The molecule has 0 aliphatic rings. The lowest BCUT2D eigenvalue weighted by atomic mass is 10.0. The molecular formula is C36H71O10P. The minimum Gasteiger partial charge on any atom is -0.462 e. The van der Waals surface area contributed by atoms with Crippen LogP contribution in [0.25, 0.3) is 0 Å². The highest BCUT2D eigenvalue weighted by molar-refractivity contribution is 7.52. The Morgan fingerprint density at radius 3 is 1.30 bits per heavy atom. The van der Waals surface area contributed by atoms with Crippen LogP contribution in [-0.2, 0) is 28.4 Å². The first kappa shape index (κ1) is 46.0. The molecule has 0 rings (SSSR count). The van der Waals surface area contributed by atoms with E-state index in [4.69, 9.17) is 14.2 Å². The lowest BCUT2D eigenvalue weighted by Crippen LogP contribution is -2.37. The molecule has 0 bridgehead atoms. The lowest BCUT2D eigenvalue weighted by molar-refractivity contribution is -0.164. The van der Waals surface area contributed by atoms with E-state index in [1.807, 2.05) is 0 Å². The largest absolute Gasteiger partial charge is 0.462 e. The molecule has 0 aromatic carbocycles. The van der Waals surface area contributed by atoms with Gasteiger partial charge >= 0.3 is 19.5 Å². The predicted molar refractivity (Wildman–Crippen MR) is 187 cm³/mol. The van der Waals surface area contributed by atoms with Gasteiger partial charge in [0, 0.05) is 12.8 Å². The summed E-state index contributed by atoms with van der Waals surface area (Å²) in [4.78, 5) is 44.0. The number of carbonyl (C=O) groups is 2. The van der Waals surface area contributed by atoms with Gasteiger partial charge in [-0.3, -0.25) is 14.2 Å². The van der Waals surface area contributed by atoms with Gasteiger partial charge in [-0.05, 0) is 12.8 Å². The van der Waals surface area contributed by atoms with Crippen molar-refractivity contribution in [3.8, 4) is 0 Å². The summed E-state index contributed by atoms with van der Waals surface area (Å²) in [5.41, 5.74) is 0. The number of unbranched alkanes of at least 4 members (excludes halogenated alkanes) is 22. The Labute approximate surface area is 286 Å². The molecule has 10 nitrogen and oxygen atoms in total. The first-order valence-electron chi connectivity index (χ1n) is 19.0. The number of esters is 2. The van der Waals surface area contributed by atoms with E-state index in [0.29, 0.717) is 12.8 Å². The van der Waals surface area contributed by atoms with Crippen LogP contribution in [0.3, 0.4) is 0 Å². The highest BCUT2D eigenvalue weighted by Gasteiger charge is 2.37. The van der Waals surface area contributed by atoms with Crippen molar-refractivity contribution < 1.29 is 48.4 Å². The zero-order valence-electron chi connectivity index (χ0n) is 29.9. The molecule has 0 aliphatic heterocycles. The average molecular weight is 695 g/mol. The Morgan fingerprint density at radius 2 is 0.936 bits per heavy atom. The van der Waals surface area contributed by atoms with E-state index in [-0.39, 0.29) is 19.4 Å². The van der Waals surface area contributed by atoms with E-state index in [1.165, 1.54) is 103 Å². The van der Waals surface area contributed by atoms with Gasteiger partial charge in [-0.25, -0.2) is 0 Å². The van der Waals surface area contributed by atoms with Gasteiger partial charge in [-0.2, -0.15) is 0 Å². The zero-order chi connectivity index (χ0) is 35.0. The highest BCUT2D eigenvalue weighted by Crippen LogP contribution is 2.43. The van der Waals surface area contributed by atoms with Crippen molar-refractivity contribution in [2.24, 2.45) is 0 Å². The van der Waals surface area contributed by atoms with Gasteiger partial charge in [0.25, 0.3) is 0 Å². The number of hydrogen-bond acceptors (Lipinski definition) is 8. The van der Waals surface area contributed by atoms with E-state index < -0.39 is 50.8 Å². The Kier molecular flexibility index (Phi) is 31.5. The fourth-order valence-corrected chi connectivity index (χ4v) is 6.39. The minimum atomic E-state index is -4.94. The van der Waals surface area contributed by atoms with Crippen molar-refractivity contribution in [2.45, 2.75) is 199 Å². The van der Waals surface area contributed by atoms with Crippen LogP contribution in [0.2, 0.25) is 0 Å². The summed E-state index contributed by atoms with van der Waals surface area (Å²) in [6.07, 6.45) is 25.6. The smallest absolute Gasteiger partial charge is 0.356 e. The fourth-order valence-electron chi connectivity index (χ4n) is 5.57. The summed E-state index contributed by atoms with van der Waals surface area (Å²) in [6, 6.07) is 0. The van der Waals surface area contributed by atoms with Crippen LogP contribution in [0, 0.1) is 0 Å². The van der Waals surface area contributed by atoms with E-state index in [2.05, 4.69) is 13.8 Å². The standard InChI is InChI=1S/C36H71O10P/c1-3-5-7-9-11-13-15-17-19-21-23-25-27-34(39)44-30-32(31-45-36(33(38)29-37)47(41,42)43)46-35(40)28-26-24-22-20-18-16-14-12-10-8-6-4-2/h32-33,36-38H,3-31H2,1-2H3,(H2,41,42,43)/t32-,33?,36?/m1/s1. The normalized spacial score (nSPS) is 13.7. The molecule has 0 aromatic rings. The maximum absolute atomic E-state index is 12.5. The molecule has 0 aliphatic carbocycles. The Bertz CT molecular complexity index is 775. The van der Waals surface area contributed by atoms with Gasteiger partial charge in [0.2, 0.25) is 0 Å². The molecule has 0 heterocycles. The van der Waals surface area contributed by atoms with Gasteiger partial charge < -0.3 is 34.2 Å². The number of aliphatic hydroxyl groups is 2. The fraction of sp³-hybridized carbons (Fsp3) is 0.944. The molecule has 4 N–H and O–H groups in total. The van der Waals surface area contributed by atoms with Crippen molar-refractivity contribution in [3.05, 3.63) is 0 Å². The molecule has 11 heteroatoms. The van der Waals surface area contributed by atoms with E-state index in [1.54, 1.807) is 0 Å². The van der Waals surface area contributed by atoms with Crippen LogP contribution in [0.15, 0.2) is 0 Å². The molecule has 0 radical (unpaired) electrons. The van der Waals surface area contributed by atoms with E-state index in [0.717, 1.165) is 38.5 Å². The third kappa shape index (κ3) is 29.6. The summed E-state index contributed by atoms with van der Waals surface area (Å²) >= 11 is 0. The molecule has 0 saturated heterocycles. The summed E-state index contributed by atoms with van der Waals surface area (Å²) in [5, 5.41) is 19.0.